The second-order valence-electron chi connectivity index (χ2n) is 7.19. The number of nitrogens with one attached hydrogen (secondary N) is 3. The number of hydrogen-bond acceptors (Lipinski definition) is 6. The first-order chi connectivity index (χ1) is 15.6. The number of aromatic amines is 2. The summed E-state index contributed by atoms with van der Waals surface area (Å²) in [5.41, 5.74) is 2.54. The zero-order valence-corrected chi connectivity index (χ0v) is 18.7. The van der Waals surface area contributed by atoms with Gasteiger partial charge in [0.2, 0.25) is 5.91 Å². The van der Waals surface area contributed by atoms with Crippen LogP contribution in [-0.4, -0.2) is 47.4 Å². The molecule has 8 nitrogen and oxygen atoms in total. The fourth-order valence-corrected chi connectivity index (χ4v) is 4.27. The predicted octanol–water partition coefficient (Wildman–Crippen LogP) is 3.01. The Morgan fingerprint density at radius 1 is 1.12 bits per heavy atom. The lowest BCUT2D eigenvalue weighted by Crippen LogP contribution is -2.27. The van der Waals surface area contributed by atoms with Crippen LogP contribution < -0.4 is 20.3 Å². The van der Waals surface area contributed by atoms with Gasteiger partial charge in [-0.1, -0.05) is 18.2 Å². The third kappa shape index (κ3) is 4.72. The van der Waals surface area contributed by atoms with E-state index in [1.165, 1.54) is 36.9 Å². The molecular weight excluding hydrogens is 428 g/mol. The Morgan fingerprint density at radius 3 is 2.72 bits per heavy atom. The highest BCUT2D eigenvalue weighted by Crippen LogP contribution is 2.30. The van der Waals surface area contributed by atoms with Crippen LogP contribution in [0.4, 0.5) is 0 Å². The van der Waals surface area contributed by atoms with Crippen LogP contribution in [0.5, 0.6) is 11.5 Å². The number of rotatable bonds is 9. The van der Waals surface area contributed by atoms with Crippen molar-refractivity contribution in [1.29, 1.82) is 0 Å². The molecule has 2 aromatic carbocycles. The number of methoxy groups -OCH3 is 2. The number of fused-ring (bicyclic) bond motifs is 2. The van der Waals surface area contributed by atoms with Crippen LogP contribution in [0.15, 0.2) is 47.4 Å². The van der Waals surface area contributed by atoms with Gasteiger partial charge in [-0.15, -0.1) is 11.8 Å². The van der Waals surface area contributed by atoms with Crippen molar-refractivity contribution in [2.45, 2.75) is 12.2 Å². The first kappa shape index (κ1) is 21.8. The smallest absolute Gasteiger partial charge is 0.258 e. The van der Waals surface area contributed by atoms with Gasteiger partial charge in [0, 0.05) is 29.7 Å². The predicted molar refractivity (Wildman–Crippen MR) is 127 cm³/mol. The summed E-state index contributed by atoms with van der Waals surface area (Å²) in [5.74, 6) is 2.12. The van der Waals surface area contributed by atoms with Crippen molar-refractivity contribution in [3.63, 3.8) is 0 Å². The van der Waals surface area contributed by atoms with E-state index in [4.69, 9.17) is 9.47 Å². The van der Waals surface area contributed by atoms with Crippen LogP contribution in [0.2, 0.25) is 0 Å². The van der Waals surface area contributed by atoms with Gasteiger partial charge in [-0.05, 0) is 24.1 Å². The number of ether oxygens (including phenoxy) is 2. The van der Waals surface area contributed by atoms with Gasteiger partial charge in [0.1, 0.15) is 5.82 Å². The molecule has 0 aliphatic carbocycles. The van der Waals surface area contributed by atoms with E-state index in [1.54, 1.807) is 12.1 Å². The summed E-state index contributed by atoms with van der Waals surface area (Å²) in [6, 6.07) is 11.4. The van der Waals surface area contributed by atoms with Crippen LogP contribution in [0.1, 0.15) is 11.4 Å². The van der Waals surface area contributed by atoms with Crippen molar-refractivity contribution in [1.82, 2.24) is 20.3 Å². The van der Waals surface area contributed by atoms with E-state index in [1.807, 2.05) is 24.4 Å². The summed E-state index contributed by atoms with van der Waals surface area (Å²) in [5, 5.41) is 4.54. The van der Waals surface area contributed by atoms with Crippen LogP contribution in [0.25, 0.3) is 21.8 Å². The minimum atomic E-state index is -0.255. The van der Waals surface area contributed by atoms with Crippen molar-refractivity contribution >= 4 is 39.5 Å². The molecule has 0 fully saturated rings. The Hall–Kier alpha value is -3.46. The largest absolute Gasteiger partial charge is 0.493 e. The van der Waals surface area contributed by atoms with Gasteiger partial charge >= 0.3 is 0 Å². The number of H-pyrrole nitrogens is 2. The fraction of sp³-hybridized carbons (Fsp3) is 0.261. The highest BCUT2D eigenvalue weighted by Gasteiger charge is 2.12. The standard InChI is InChI=1S/C23H24N4O4S/c1-30-19-9-16-18(10-20(19)31-2)26-21(27-23(16)29)12-32-13-22(28)24-8-7-14-11-25-17-6-4-3-5-15(14)17/h3-6,9-11,25H,7-8,12-13H2,1-2H3,(H,24,28)(H,26,27,29). The minimum Gasteiger partial charge on any atom is -0.493 e. The van der Waals surface area contributed by atoms with Gasteiger partial charge in [-0.25, -0.2) is 4.98 Å². The SMILES string of the molecule is COc1cc2nc(CSCC(=O)NCCc3c[nH]c4ccccc34)[nH]c(=O)c2cc1OC. The molecule has 32 heavy (non-hydrogen) atoms. The zero-order valence-electron chi connectivity index (χ0n) is 17.9. The number of benzene rings is 2. The third-order valence-corrected chi connectivity index (χ3v) is 6.07. The summed E-state index contributed by atoms with van der Waals surface area (Å²) in [7, 11) is 3.05. The summed E-state index contributed by atoms with van der Waals surface area (Å²) in [6.45, 7) is 0.563. The zero-order chi connectivity index (χ0) is 22.5. The molecule has 1 amide bonds. The summed E-state index contributed by atoms with van der Waals surface area (Å²) < 4.78 is 10.5. The van der Waals surface area contributed by atoms with Gasteiger partial charge in [0.05, 0.1) is 36.6 Å². The maximum absolute atomic E-state index is 12.4. The number of hydrogen-bond donors (Lipinski definition) is 3. The Morgan fingerprint density at radius 2 is 1.91 bits per heavy atom. The van der Waals surface area contributed by atoms with E-state index < -0.39 is 0 Å². The first-order valence-corrected chi connectivity index (χ1v) is 11.3. The molecule has 0 radical (unpaired) electrons. The van der Waals surface area contributed by atoms with E-state index in [0.29, 0.717) is 40.5 Å². The van der Waals surface area contributed by atoms with Crippen molar-refractivity contribution < 1.29 is 14.3 Å². The summed E-state index contributed by atoms with van der Waals surface area (Å²) in [6.07, 6.45) is 2.74. The molecule has 0 saturated carbocycles. The summed E-state index contributed by atoms with van der Waals surface area (Å²) in [4.78, 5) is 35.1. The van der Waals surface area contributed by atoms with E-state index in [-0.39, 0.29) is 17.2 Å². The van der Waals surface area contributed by atoms with Crippen LogP contribution in [0, 0.1) is 0 Å². The third-order valence-electron chi connectivity index (χ3n) is 5.12. The van der Waals surface area contributed by atoms with E-state index >= 15 is 0 Å². The number of amides is 1. The van der Waals surface area contributed by atoms with Crippen LogP contribution in [-0.2, 0) is 17.0 Å². The molecule has 0 aliphatic heterocycles. The van der Waals surface area contributed by atoms with Crippen molar-refractivity contribution in [2.75, 3.05) is 26.5 Å². The topological polar surface area (TPSA) is 109 Å². The lowest BCUT2D eigenvalue weighted by Gasteiger charge is -2.09. The molecule has 166 valence electrons. The van der Waals surface area contributed by atoms with Crippen LogP contribution >= 0.6 is 11.8 Å². The molecule has 4 rings (SSSR count). The average molecular weight is 453 g/mol. The Labute approximate surface area is 188 Å². The minimum absolute atomic E-state index is 0.0515. The highest BCUT2D eigenvalue weighted by atomic mass is 32.2. The Bertz CT molecular complexity index is 1310. The molecule has 2 heterocycles. The first-order valence-electron chi connectivity index (χ1n) is 10.1. The second kappa shape index (κ2) is 9.78. The number of carbonyl (C=O) groups is 1. The number of thioether (sulfide) groups is 1. The monoisotopic (exact) mass is 452 g/mol. The molecule has 9 heteroatoms. The van der Waals surface area contributed by atoms with Gasteiger partial charge in [-0.2, -0.15) is 0 Å². The maximum Gasteiger partial charge on any atom is 0.258 e. The van der Waals surface area contributed by atoms with E-state index in [9.17, 15) is 9.59 Å². The number of carbonyl (C=O) groups excluding carboxylic acids is 1. The molecule has 4 aromatic rings. The molecule has 0 spiro atoms. The molecular formula is C23H24N4O4S. The molecule has 0 atom stereocenters. The van der Waals surface area contributed by atoms with Gasteiger partial charge < -0.3 is 24.8 Å². The normalized spacial score (nSPS) is 11.1. The maximum atomic E-state index is 12.4. The Kier molecular flexibility index (Phi) is 6.65. The van der Waals surface area contributed by atoms with Crippen molar-refractivity contribution in [2.24, 2.45) is 0 Å². The van der Waals surface area contributed by atoms with E-state index in [0.717, 1.165) is 11.9 Å². The summed E-state index contributed by atoms with van der Waals surface area (Å²) >= 11 is 1.39. The Balaban J connectivity index is 1.30. The van der Waals surface area contributed by atoms with Crippen molar-refractivity contribution in [3.05, 3.63) is 64.3 Å². The molecule has 3 N–H and O–H groups in total. The second-order valence-corrected chi connectivity index (χ2v) is 8.17. The lowest BCUT2D eigenvalue weighted by atomic mass is 10.1. The van der Waals surface area contributed by atoms with E-state index in [2.05, 4.69) is 26.3 Å². The molecule has 0 saturated heterocycles. The number of para-hydroxylation sites is 1. The molecule has 0 unspecified atom stereocenters. The molecule has 0 aliphatic rings. The lowest BCUT2D eigenvalue weighted by molar-refractivity contribution is -0.118. The molecule has 0 bridgehead atoms. The fourth-order valence-electron chi connectivity index (χ4n) is 3.55. The highest BCUT2D eigenvalue weighted by molar-refractivity contribution is 7.99. The number of aromatic nitrogens is 3. The van der Waals surface area contributed by atoms with Gasteiger partial charge in [0.25, 0.3) is 5.56 Å². The number of nitrogens with zero attached hydrogens (tertiary/aromatic N) is 1. The van der Waals surface area contributed by atoms with Crippen molar-refractivity contribution in [3.8, 4) is 11.5 Å². The van der Waals surface area contributed by atoms with Gasteiger partial charge in [0.15, 0.2) is 11.5 Å². The van der Waals surface area contributed by atoms with Gasteiger partial charge in [-0.3, -0.25) is 9.59 Å². The average Bonchev–Trinajstić information content (AvgIpc) is 3.21. The van der Waals surface area contributed by atoms with Crippen LogP contribution in [0.3, 0.4) is 0 Å². The quantitative estimate of drug-likeness (QED) is 0.360. The molecule has 2 aromatic heterocycles.